The lowest BCUT2D eigenvalue weighted by atomic mass is 10.1. The fourth-order valence-electron chi connectivity index (χ4n) is 2.53. The molecule has 142 valence electrons. The van der Waals surface area contributed by atoms with Crippen LogP contribution in [-0.2, 0) is 4.79 Å². The van der Waals surface area contributed by atoms with Gasteiger partial charge in [-0.1, -0.05) is 11.6 Å². The smallest absolute Gasteiger partial charge is 0.269 e. The maximum absolute atomic E-state index is 13.8. The van der Waals surface area contributed by atoms with E-state index in [0.29, 0.717) is 0 Å². The van der Waals surface area contributed by atoms with Gasteiger partial charge in [0.1, 0.15) is 17.3 Å². The van der Waals surface area contributed by atoms with Gasteiger partial charge in [0.25, 0.3) is 11.8 Å². The zero-order valence-corrected chi connectivity index (χ0v) is 14.9. The molecule has 2 amide bonds. The van der Waals surface area contributed by atoms with E-state index in [1.165, 1.54) is 7.05 Å². The Morgan fingerprint density at radius 2 is 1.92 bits per heavy atom. The lowest BCUT2D eigenvalue weighted by Gasteiger charge is -2.24. The van der Waals surface area contributed by atoms with Crippen molar-refractivity contribution in [3.63, 3.8) is 0 Å². The average molecular weight is 388 g/mol. The number of hydrazone groups is 1. The van der Waals surface area contributed by atoms with Crippen molar-refractivity contribution in [3.8, 4) is 0 Å². The minimum atomic E-state index is -0.958. The quantitative estimate of drug-likeness (QED) is 0.330. The van der Waals surface area contributed by atoms with Gasteiger partial charge in [0.15, 0.2) is 0 Å². The highest BCUT2D eigenvalue weighted by Gasteiger charge is 2.22. The molecule has 0 unspecified atom stereocenters. The first-order chi connectivity index (χ1) is 12.4. The van der Waals surface area contributed by atoms with Crippen LogP contribution in [-0.4, -0.2) is 50.2 Å². The number of carbonyl (C=O) groups excluding carboxylic acids is 2. The van der Waals surface area contributed by atoms with Crippen molar-refractivity contribution in [2.24, 2.45) is 5.10 Å². The molecule has 0 aliphatic carbocycles. The summed E-state index contributed by atoms with van der Waals surface area (Å²) in [5.74, 6) is -3.26. The highest BCUT2D eigenvalue weighted by atomic mass is 35.5. The number of amides is 2. The molecule has 0 aromatic heterocycles. The second-order valence-electron chi connectivity index (χ2n) is 5.68. The van der Waals surface area contributed by atoms with E-state index < -0.39 is 34.0 Å². The van der Waals surface area contributed by atoms with Crippen LogP contribution in [0, 0.1) is 11.6 Å². The second-order valence-corrected chi connectivity index (χ2v) is 6.06. The highest BCUT2D eigenvalue weighted by Crippen LogP contribution is 2.22. The molecule has 1 aromatic rings. The summed E-state index contributed by atoms with van der Waals surface area (Å²) < 4.78 is 27.2. The Bertz CT molecular complexity index is 708. The van der Waals surface area contributed by atoms with E-state index >= 15 is 0 Å². The van der Waals surface area contributed by atoms with Gasteiger partial charge in [-0.15, -0.1) is 0 Å². The Kier molecular flexibility index (Phi) is 7.28. The van der Waals surface area contributed by atoms with Gasteiger partial charge in [-0.05, 0) is 38.1 Å². The Balaban J connectivity index is 2.02. The SMILES string of the molecule is CN/N=C(\CNC(=O)c1c(F)ccc(F)c1Cl)C(=O)NC1CCNCC1. The number of nitrogens with one attached hydrogen (secondary N) is 4. The predicted molar refractivity (Wildman–Crippen MR) is 94.2 cm³/mol. The zero-order chi connectivity index (χ0) is 19.1. The van der Waals surface area contributed by atoms with Crippen molar-refractivity contribution in [2.75, 3.05) is 26.7 Å². The summed E-state index contributed by atoms with van der Waals surface area (Å²) in [6.45, 7) is 1.33. The molecule has 1 aliphatic heterocycles. The molecule has 1 heterocycles. The summed E-state index contributed by atoms with van der Waals surface area (Å²) in [5.41, 5.74) is 1.88. The monoisotopic (exact) mass is 387 g/mol. The van der Waals surface area contributed by atoms with Crippen LogP contribution in [0.15, 0.2) is 17.2 Å². The van der Waals surface area contributed by atoms with Crippen molar-refractivity contribution in [1.29, 1.82) is 0 Å². The van der Waals surface area contributed by atoms with Gasteiger partial charge in [-0.3, -0.25) is 9.59 Å². The number of benzene rings is 1. The van der Waals surface area contributed by atoms with Crippen molar-refractivity contribution in [3.05, 3.63) is 34.4 Å². The molecular formula is C16H20ClF2N5O2. The molecular weight excluding hydrogens is 368 g/mol. The van der Waals surface area contributed by atoms with Crippen molar-refractivity contribution < 1.29 is 18.4 Å². The number of carbonyl (C=O) groups is 2. The molecule has 7 nitrogen and oxygen atoms in total. The zero-order valence-electron chi connectivity index (χ0n) is 14.2. The van der Waals surface area contributed by atoms with Crippen LogP contribution in [0.2, 0.25) is 5.02 Å². The van der Waals surface area contributed by atoms with Gasteiger partial charge >= 0.3 is 0 Å². The van der Waals surface area contributed by atoms with Crippen LogP contribution in [0.4, 0.5) is 8.78 Å². The maximum Gasteiger partial charge on any atom is 0.269 e. The fourth-order valence-corrected chi connectivity index (χ4v) is 2.77. The third kappa shape index (κ3) is 5.12. The minimum Gasteiger partial charge on any atom is -0.348 e. The first-order valence-electron chi connectivity index (χ1n) is 8.10. The van der Waals surface area contributed by atoms with Crippen molar-refractivity contribution in [1.82, 2.24) is 21.4 Å². The molecule has 1 aliphatic rings. The first-order valence-corrected chi connectivity index (χ1v) is 8.48. The summed E-state index contributed by atoms with van der Waals surface area (Å²) in [4.78, 5) is 24.5. The molecule has 0 atom stereocenters. The van der Waals surface area contributed by atoms with Gasteiger partial charge in [0, 0.05) is 13.1 Å². The van der Waals surface area contributed by atoms with Crippen LogP contribution in [0.1, 0.15) is 23.2 Å². The largest absolute Gasteiger partial charge is 0.348 e. The van der Waals surface area contributed by atoms with E-state index in [9.17, 15) is 18.4 Å². The van der Waals surface area contributed by atoms with E-state index in [1.54, 1.807) is 0 Å². The number of nitrogens with zero attached hydrogens (tertiary/aromatic N) is 1. The molecule has 1 aromatic carbocycles. The van der Waals surface area contributed by atoms with Gasteiger partial charge in [-0.25, -0.2) is 8.78 Å². The van der Waals surface area contributed by atoms with Crippen molar-refractivity contribution in [2.45, 2.75) is 18.9 Å². The van der Waals surface area contributed by atoms with E-state index in [1.807, 2.05) is 0 Å². The number of hydrogen-bond acceptors (Lipinski definition) is 5. The Morgan fingerprint density at radius 3 is 2.58 bits per heavy atom. The summed E-state index contributed by atoms with van der Waals surface area (Å²) >= 11 is 5.66. The fraction of sp³-hybridized carbons (Fsp3) is 0.438. The van der Waals surface area contributed by atoms with E-state index in [4.69, 9.17) is 11.6 Å². The van der Waals surface area contributed by atoms with E-state index in [-0.39, 0.29) is 18.3 Å². The van der Waals surface area contributed by atoms with Gasteiger partial charge in [0.05, 0.1) is 17.1 Å². The Labute approximate surface area is 154 Å². The standard InChI is InChI=1S/C16H20ClF2N5O2/c1-20-24-12(15(25)23-9-4-6-21-7-5-9)8-22-16(26)13-10(18)2-3-11(19)14(13)17/h2-3,9,20-21H,4-8H2,1H3,(H,22,26)(H,23,25)/b24-12+. The summed E-state index contributed by atoms with van der Waals surface area (Å²) in [5, 5.41) is 11.6. The summed E-state index contributed by atoms with van der Waals surface area (Å²) in [6.07, 6.45) is 1.57. The van der Waals surface area contributed by atoms with E-state index in [0.717, 1.165) is 38.1 Å². The number of halogens is 3. The first kappa shape index (κ1) is 20.1. The lowest BCUT2D eigenvalue weighted by molar-refractivity contribution is -0.115. The molecule has 26 heavy (non-hydrogen) atoms. The number of piperidine rings is 1. The van der Waals surface area contributed by atoms with Crippen LogP contribution >= 0.6 is 11.6 Å². The molecule has 1 saturated heterocycles. The van der Waals surface area contributed by atoms with Gasteiger partial charge in [-0.2, -0.15) is 5.10 Å². The summed E-state index contributed by atoms with van der Waals surface area (Å²) in [6, 6.07) is 1.65. The molecule has 0 saturated carbocycles. The molecule has 0 radical (unpaired) electrons. The Hall–Kier alpha value is -2.26. The minimum absolute atomic E-state index is 0.00677. The van der Waals surface area contributed by atoms with Crippen LogP contribution in [0.25, 0.3) is 0 Å². The third-order valence-electron chi connectivity index (χ3n) is 3.87. The molecule has 0 spiro atoms. The average Bonchev–Trinajstić information content (AvgIpc) is 2.63. The summed E-state index contributed by atoms with van der Waals surface area (Å²) in [7, 11) is 1.50. The molecule has 10 heteroatoms. The van der Waals surface area contributed by atoms with Crippen LogP contribution < -0.4 is 21.4 Å². The second kappa shape index (κ2) is 9.44. The molecule has 2 rings (SSSR count). The normalized spacial score (nSPS) is 15.5. The van der Waals surface area contributed by atoms with Crippen LogP contribution in [0.3, 0.4) is 0 Å². The van der Waals surface area contributed by atoms with Gasteiger partial charge < -0.3 is 21.4 Å². The van der Waals surface area contributed by atoms with E-state index in [2.05, 4.69) is 26.5 Å². The van der Waals surface area contributed by atoms with Gasteiger partial charge in [0.2, 0.25) is 0 Å². The highest BCUT2D eigenvalue weighted by molar-refractivity contribution is 6.40. The lowest BCUT2D eigenvalue weighted by Crippen LogP contribution is -2.47. The topological polar surface area (TPSA) is 94.6 Å². The number of rotatable bonds is 6. The van der Waals surface area contributed by atoms with Crippen LogP contribution in [0.5, 0.6) is 0 Å². The molecule has 0 bridgehead atoms. The molecule has 1 fully saturated rings. The predicted octanol–water partition coefficient (Wildman–Crippen LogP) is 0.792. The maximum atomic E-state index is 13.8. The molecule has 4 N–H and O–H groups in total. The third-order valence-corrected chi connectivity index (χ3v) is 4.24. The Morgan fingerprint density at radius 1 is 1.27 bits per heavy atom. The van der Waals surface area contributed by atoms with Crippen molar-refractivity contribution >= 4 is 29.1 Å². The number of hydrogen-bond donors (Lipinski definition) is 4.